The molecule has 1 unspecified atom stereocenters. The minimum absolute atomic E-state index is 0.123. The number of amides is 1. The summed E-state index contributed by atoms with van der Waals surface area (Å²) in [7, 11) is 2.02. The van der Waals surface area contributed by atoms with Crippen LogP contribution in [0.5, 0.6) is 0 Å². The van der Waals surface area contributed by atoms with E-state index in [1.807, 2.05) is 25.2 Å². The van der Waals surface area contributed by atoms with Gasteiger partial charge in [-0.1, -0.05) is 30.3 Å². The molecule has 1 saturated heterocycles. The number of benzene rings is 1. The predicted molar refractivity (Wildman–Crippen MR) is 93.2 cm³/mol. The minimum atomic E-state index is -0.123. The smallest absolute Gasteiger partial charge is 0.242 e. The Morgan fingerprint density at radius 1 is 1.17 bits per heavy atom. The van der Waals surface area contributed by atoms with Crippen LogP contribution in [0.25, 0.3) is 0 Å². The first-order valence-electron chi connectivity index (χ1n) is 9.02. The largest absolute Gasteiger partial charge is 0.352 e. The van der Waals surface area contributed by atoms with Gasteiger partial charge in [0.1, 0.15) is 6.04 Å². The molecule has 2 fully saturated rings. The standard InChI is InChI=1S/C19H29N3O/c1-20-12-9-15-10-13-22(14-11-15)18(16-5-3-2-4-6-16)19(23)21-17-7-8-17/h2-6,15,17-18,20H,7-14H2,1H3,(H,21,23). The van der Waals surface area contributed by atoms with E-state index < -0.39 is 0 Å². The predicted octanol–water partition coefficient (Wildman–Crippen LogP) is 2.33. The lowest BCUT2D eigenvalue weighted by Gasteiger charge is -2.37. The second kappa shape index (κ2) is 7.93. The zero-order valence-corrected chi connectivity index (χ0v) is 14.1. The Balaban J connectivity index is 1.65. The molecule has 3 rings (SSSR count). The van der Waals surface area contributed by atoms with Crippen LogP contribution in [0.1, 0.15) is 43.7 Å². The summed E-state index contributed by atoms with van der Waals surface area (Å²) in [5, 5.41) is 6.45. The molecule has 0 radical (unpaired) electrons. The van der Waals surface area contributed by atoms with Crippen LogP contribution in [0.2, 0.25) is 0 Å². The van der Waals surface area contributed by atoms with Gasteiger partial charge < -0.3 is 10.6 Å². The van der Waals surface area contributed by atoms with Gasteiger partial charge in [-0.2, -0.15) is 0 Å². The van der Waals surface area contributed by atoms with Crippen LogP contribution in [0.4, 0.5) is 0 Å². The van der Waals surface area contributed by atoms with E-state index in [2.05, 4.69) is 27.7 Å². The number of hydrogen-bond donors (Lipinski definition) is 2. The summed E-state index contributed by atoms with van der Waals surface area (Å²) in [6, 6.07) is 10.6. The summed E-state index contributed by atoms with van der Waals surface area (Å²) < 4.78 is 0. The molecule has 2 aliphatic rings. The van der Waals surface area contributed by atoms with Gasteiger partial charge in [0.2, 0.25) is 5.91 Å². The molecule has 1 aliphatic carbocycles. The molecule has 1 heterocycles. The Kier molecular flexibility index (Phi) is 5.68. The topological polar surface area (TPSA) is 44.4 Å². The molecule has 2 N–H and O–H groups in total. The number of nitrogens with one attached hydrogen (secondary N) is 2. The lowest BCUT2D eigenvalue weighted by atomic mass is 9.91. The monoisotopic (exact) mass is 315 g/mol. The average Bonchev–Trinajstić information content (AvgIpc) is 3.39. The van der Waals surface area contributed by atoms with Crippen LogP contribution in [0.15, 0.2) is 30.3 Å². The van der Waals surface area contributed by atoms with Gasteiger partial charge in [0.15, 0.2) is 0 Å². The Morgan fingerprint density at radius 3 is 2.48 bits per heavy atom. The Labute approximate surface area is 139 Å². The molecule has 1 amide bonds. The van der Waals surface area contributed by atoms with Crippen LogP contribution in [0, 0.1) is 5.92 Å². The highest BCUT2D eigenvalue weighted by Gasteiger charge is 2.33. The number of hydrogen-bond acceptors (Lipinski definition) is 3. The van der Waals surface area contributed by atoms with E-state index in [-0.39, 0.29) is 11.9 Å². The molecule has 4 nitrogen and oxygen atoms in total. The van der Waals surface area contributed by atoms with Crippen molar-refractivity contribution in [3.8, 4) is 0 Å². The molecule has 1 aromatic rings. The van der Waals surface area contributed by atoms with Crippen LogP contribution < -0.4 is 10.6 Å². The molecular weight excluding hydrogens is 286 g/mol. The van der Waals surface area contributed by atoms with Crippen molar-refractivity contribution in [3.63, 3.8) is 0 Å². The number of nitrogens with zero attached hydrogens (tertiary/aromatic N) is 1. The van der Waals surface area contributed by atoms with Crippen molar-refractivity contribution in [1.29, 1.82) is 0 Å². The second-order valence-electron chi connectivity index (χ2n) is 6.97. The minimum Gasteiger partial charge on any atom is -0.352 e. The number of carbonyl (C=O) groups is 1. The molecule has 23 heavy (non-hydrogen) atoms. The third-order valence-electron chi connectivity index (χ3n) is 5.10. The highest BCUT2D eigenvalue weighted by atomic mass is 16.2. The fourth-order valence-corrected chi connectivity index (χ4v) is 3.52. The molecular formula is C19H29N3O. The van der Waals surface area contributed by atoms with Crippen LogP contribution in [-0.4, -0.2) is 43.5 Å². The lowest BCUT2D eigenvalue weighted by Crippen LogP contribution is -2.45. The van der Waals surface area contributed by atoms with Gasteiger partial charge in [0, 0.05) is 6.04 Å². The normalized spacial score (nSPS) is 21.1. The zero-order chi connectivity index (χ0) is 16.1. The quantitative estimate of drug-likeness (QED) is 0.812. The van der Waals surface area contributed by atoms with E-state index in [1.165, 1.54) is 19.3 Å². The van der Waals surface area contributed by atoms with E-state index in [1.54, 1.807) is 0 Å². The van der Waals surface area contributed by atoms with E-state index >= 15 is 0 Å². The number of rotatable bonds is 7. The van der Waals surface area contributed by atoms with Crippen molar-refractivity contribution in [2.75, 3.05) is 26.7 Å². The van der Waals surface area contributed by atoms with Crippen LogP contribution >= 0.6 is 0 Å². The Morgan fingerprint density at radius 2 is 1.87 bits per heavy atom. The fraction of sp³-hybridized carbons (Fsp3) is 0.632. The molecule has 126 valence electrons. The maximum atomic E-state index is 12.8. The highest BCUT2D eigenvalue weighted by molar-refractivity contribution is 5.83. The molecule has 0 aromatic heterocycles. The first-order chi connectivity index (χ1) is 11.3. The van der Waals surface area contributed by atoms with Crippen molar-refractivity contribution in [2.24, 2.45) is 5.92 Å². The van der Waals surface area contributed by atoms with Crippen molar-refractivity contribution < 1.29 is 4.79 Å². The van der Waals surface area contributed by atoms with E-state index in [0.29, 0.717) is 6.04 Å². The molecule has 1 saturated carbocycles. The molecule has 1 aromatic carbocycles. The maximum absolute atomic E-state index is 12.8. The van der Waals surface area contributed by atoms with Gasteiger partial charge in [-0.25, -0.2) is 0 Å². The molecule has 0 bridgehead atoms. The van der Waals surface area contributed by atoms with E-state index in [9.17, 15) is 4.79 Å². The van der Waals surface area contributed by atoms with E-state index in [4.69, 9.17) is 0 Å². The van der Waals surface area contributed by atoms with Crippen molar-refractivity contribution in [3.05, 3.63) is 35.9 Å². The van der Waals surface area contributed by atoms with Gasteiger partial charge in [0.25, 0.3) is 0 Å². The molecule has 0 spiro atoms. The average molecular weight is 315 g/mol. The summed E-state index contributed by atoms with van der Waals surface area (Å²) in [5.74, 6) is 0.981. The SMILES string of the molecule is CNCCC1CCN(C(C(=O)NC2CC2)c2ccccc2)CC1. The number of likely N-dealkylation sites (tertiary alicyclic amines) is 1. The number of carbonyl (C=O) groups excluding carboxylic acids is 1. The third-order valence-corrected chi connectivity index (χ3v) is 5.10. The van der Waals surface area contributed by atoms with Gasteiger partial charge in [-0.3, -0.25) is 9.69 Å². The fourth-order valence-electron chi connectivity index (χ4n) is 3.52. The van der Waals surface area contributed by atoms with E-state index in [0.717, 1.165) is 44.0 Å². The van der Waals surface area contributed by atoms with Crippen molar-refractivity contribution >= 4 is 5.91 Å². The lowest BCUT2D eigenvalue weighted by molar-refractivity contribution is -0.127. The van der Waals surface area contributed by atoms with Gasteiger partial charge >= 0.3 is 0 Å². The van der Waals surface area contributed by atoms with Gasteiger partial charge in [-0.05, 0) is 70.3 Å². The molecule has 1 atom stereocenters. The summed E-state index contributed by atoms with van der Waals surface area (Å²) >= 11 is 0. The Bertz CT molecular complexity index is 493. The third kappa shape index (κ3) is 4.55. The maximum Gasteiger partial charge on any atom is 0.242 e. The first kappa shape index (κ1) is 16.5. The van der Waals surface area contributed by atoms with Crippen molar-refractivity contribution in [1.82, 2.24) is 15.5 Å². The summed E-state index contributed by atoms with van der Waals surface area (Å²) in [4.78, 5) is 15.2. The Hall–Kier alpha value is -1.39. The van der Waals surface area contributed by atoms with Crippen LogP contribution in [-0.2, 0) is 4.79 Å². The summed E-state index contributed by atoms with van der Waals surface area (Å²) in [6.07, 6.45) is 5.91. The molecule has 1 aliphatic heterocycles. The highest BCUT2D eigenvalue weighted by Crippen LogP contribution is 2.29. The first-order valence-corrected chi connectivity index (χ1v) is 9.02. The second-order valence-corrected chi connectivity index (χ2v) is 6.97. The van der Waals surface area contributed by atoms with Crippen molar-refractivity contribution in [2.45, 2.75) is 44.2 Å². The zero-order valence-electron chi connectivity index (χ0n) is 14.1. The summed E-state index contributed by atoms with van der Waals surface area (Å²) in [5.41, 5.74) is 1.12. The molecule has 4 heteroatoms. The summed E-state index contributed by atoms with van der Waals surface area (Å²) in [6.45, 7) is 3.13. The van der Waals surface area contributed by atoms with Gasteiger partial charge in [-0.15, -0.1) is 0 Å². The van der Waals surface area contributed by atoms with Crippen LogP contribution in [0.3, 0.4) is 0 Å². The van der Waals surface area contributed by atoms with Gasteiger partial charge in [0.05, 0.1) is 0 Å². The number of piperidine rings is 1.